The maximum Gasteiger partial charge on any atom is 0.125 e. The fourth-order valence-corrected chi connectivity index (χ4v) is 2.06. The van der Waals surface area contributed by atoms with E-state index in [2.05, 4.69) is 6.07 Å². The molecule has 1 rings (SSSR count). The SMILES string of the molecule is COc1cc(C)cc(C)c1C(O)CC(C)OC. The van der Waals surface area contributed by atoms with Crippen molar-refractivity contribution in [2.45, 2.75) is 39.4 Å². The quantitative estimate of drug-likeness (QED) is 0.857. The second-order valence-electron chi connectivity index (χ2n) is 4.50. The molecule has 1 aromatic carbocycles. The average molecular weight is 238 g/mol. The zero-order chi connectivity index (χ0) is 13.0. The first kappa shape index (κ1) is 14.0. The topological polar surface area (TPSA) is 38.7 Å². The van der Waals surface area contributed by atoms with Crippen LogP contribution in [0.2, 0.25) is 0 Å². The van der Waals surface area contributed by atoms with Crippen LogP contribution in [0.25, 0.3) is 0 Å². The first-order chi connectivity index (χ1) is 7.99. The maximum atomic E-state index is 10.2. The number of methoxy groups -OCH3 is 2. The van der Waals surface area contributed by atoms with Gasteiger partial charge in [0.2, 0.25) is 0 Å². The fourth-order valence-electron chi connectivity index (χ4n) is 2.06. The summed E-state index contributed by atoms with van der Waals surface area (Å²) >= 11 is 0. The van der Waals surface area contributed by atoms with Gasteiger partial charge in [-0.3, -0.25) is 0 Å². The summed E-state index contributed by atoms with van der Waals surface area (Å²) < 4.78 is 10.5. The van der Waals surface area contributed by atoms with Gasteiger partial charge >= 0.3 is 0 Å². The van der Waals surface area contributed by atoms with Crippen LogP contribution >= 0.6 is 0 Å². The molecular formula is C14H22O3. The van der Waals surface area contributed by atoms with Crippen molar-refractivity contribution in [3.8, 4) is 5.75 Å². The molecule has 0 heterocycles. The molecule has 3 nitrogen and oxygen atoms in total. The first-order valence-electron chi connectivity index (χ1n) is 5.85. The molecule has 0 fully saturated rings. The van der Waals surface area contributed by atoms with Gasteiger partial charge in [0.15, 0.2) is 0 Å². The van der Waals surface area contributed by atoms with Gasteiger partial charge in [0.25, 0.3) is 0 Å². The lowest BCUT2D eigenvalue weighted by molar-refractivity contribution is 0.0548. The number of benzene rings is 1. The van der Waals surface area contributed by atoms with Crippen LogP contribution in [0.3, 0.4) is 0 Å². The Balaban J connectivity index is 3.03. The molecule has 0 saturated carbocycles. The Morgan fingerprint density at radius 3 is 2.41 bits per heavy atom. The Morgan fingerprint density at radius 2 is 1.88 bits per heavy atom. The summed E-state index contributed by atoms with van der Waals surface area (Å²) in [5, 5.41) is 10.2. The Hall–Kier alpha value is -1.06. The molecule has 0 aliphatic carbocycles. The van der Waals surface area contributed by atoms with E-state index in [1.54, 1.807) is 14.2 Å². The van der Waals surface area contributed by atoms with Crippen molar-refractivity contribution in [2.24, 2.45) is 0 Å². The van der Waals surface area contributed by atoms with E-state index in [0.29, 0.717) is 6.42 Å². The van der Waals surface area contributed by atoms with Crippen LogP contribution in [-0.2, 0) is 4.74 Å². The summed E-state index contributed by atoms with van der Waals surface area (Å²) in [7, 11) is 3.28. The molecule has 0 radical (unpaired) electrons. The number of aryl methyl sites for hydroxylation is 2. The summed E-state index contributed by atoms with van der Waals surface area (Å²) in [6, 6.07) is 4.00. The Kier molecular flexibility index (Phi) is 4.97. The van der Waals surface area contributed by atoms with E-state index < -0.39 is 6.10 Å². The molecule has 17 heavy (non-hydrogen) atoms. The highest BCUT2D eigenvalue weighted by molar-refractivity contribution is 5.44. The number of aliphatic hydroxyl groups excluding tert-OH is 1. The molecule has 0 aliphatic rings. The molecule has 3 heteroatoms. The summed E-state index contributed by atoms with van der Waals surface area (Å²) in [4.78, 5) is 0. The lowest BCUT2D eigenvalue weighted by Gasteiger charge is -2.20. The molecule has 0 spiro atoms. The minimum Gasteiger partial charge on any atom is -0.496 e. The predicted molar refractivity (Wildman–Crippen MR) is 68.5 cm³/mol. The number of ether oxygens (including phenoxy) is 2. The number of hydrogen-bond acceptors (Lipinski definition) is 3. The molecule has 1 aromatic rings. The van der Waals surface area contributed by atoms with E-state index in [1.165, 1.54) is 0 Å². The minimum absolute atomic E-state index is 0.0235. The lowest BCUT2D eigenvalue weighted by Crippen LogP contribution is -2.13. The highest BCUT2D eigenvalue weighted by Gasteiger charge is 2.18. The van der Waals surface area contributed by atoms with E-state index in [-0.39, 0.29) is 6.10 Å². The maximum absolute atomic E-state index is 10.2. The zero-order valence-corrected chi connectivity index (χ0v) is 11.3. The largest absolute Gasteiger partial charge is 0.496 e. The summed E-state index contributed by atoms with van der Waals surface area (Å²) in [5.74, 6) is 0.748. The fraction of sp³-hybridized carbons (Fsp3) is 0.571. The third-order valence-electron chi connectivity index (χ3n) is 3.00. The Morgan fingerprint density at radius 1 is 1.24 bits per heavy atom. The van der Waals surface area contributed by atoms with Crippen LogP contribution in [-0.4, -0.2) is 25.4 Å². The third kappa shape index (κ3) is 3.45. The molecule has 0 aromatic heterocycles. The van der Waals surface area contributed by atoms with Gasteiger partial charge in [0, 0.05) is 19.1 Å². The van der Waals surface area contributed by atoms with Crippen LogP contribution in [0, 0.1) is 13.8 Å². The molecule has 0 amide bonds. The van der Waals surface area contributed by atoms with Crippen LogP contribution in [0.1, 0.15) is 36.1 Å². The third-order valence-corrected chi connectivity index (χ3v) is 3.00. The standard InChI is InChI=1S/C14H22O3/c1-9-6-10(2)14(13(7-9)17-5)12(15)8-11(3)16-4/h6-7,11-12,15H,8H2,1-5H3. The van der Waals surface area contributed by atoms with E-state index in [1.807, 2.05) is 26.8 Å². The van der Waals surface area contributed by atoms with Crippen LogP contribution < -0.4 is 4.74 Å². The molecular weight excluding hydrogens is 216 g/mol. The molecule has 0 aliphatic heterocycles. The van der Waals surface area contributed by atoms with Crippen LogP contribution in [0.4, 0.5) is 0 Å². The number of rotatable bonds is 5. The summed E-state index contributed by atoms with van der Waals surface area (Å²) in [6.07, 6.45) is 0.0347. The molecule has 0 saturated heterocycles. The van der Waals surface area contributed by atoms with E-state index in [0.717, 1.165) is 22.4 Å². The highest BCUT2D eigenvalue weighted by atomic mass is 16.5. The van der Waals surface area contributed by atoms with E-state index in [4.69, 9.17) is 9.47 Å². The van der Waals surface area contributed by atoms with Crippen LogP contribution in [0.5, 0.6) is 5.75 Å². The minimum atomic E-state index is -0.555. The van der Waals surface area contributed by atoms with Gasteiger partial charge in [0.1, 0.15) is 5.75 Å². The van der Waals surface area contributed by atoms with Gasteiger partial charge in [-0.2, -0.15) is 0 Å². The number of hydrogen-bond donors (Lipinski definition) is 1. The van der Waals surface area contributed by atoms with Crippen molar-refractivity contribution in [2.75, 3.05) is 14.2 Å². The lowest BCUT2D eigenvalue weighted by atomic mass is 9.96. The zero-order valence-electron chi connectivity index (χ0n) is 11.3. The van der Waals surface area contributed by atoms with E-state index >= 15 is 0 Å². The smallest absolute Gasteiger partial charge is 0.125 e. The van der Waals surface area contributed by atoms with Gasteiger partial charge < -0.3 is 14.6 Å². The van der Waals surface area contributed by atoms with Crippen molar-refractivity contribution in [1.29, 1.82) is 0 Å². The second kappa shape index (κ2) is 6.03. The number of aliphatic hydroxyl groups is 1. The highest BCUT2D eigenvalue weighted by Crippen LogP contribution is 2.32. The van der Waals surface area contributed by atoms with Crippen molar-refractivity contribution in [3.05, 3.63) is 28.8 Å². The normalized spacial score (nSPS) is 14.5. The molecule has 0 bridgehead atoms. The second-order valence-corrected chi connectivity index (χ2v) is 4.50. The summed E-state index contributed by atoms with van der Waals surface area (Å²) in [6.45, 7) is 5.95. The molecule has 2 atom stereocenters. The first-order valence-corrected chi connectivity index (χ1v) is 5.85. The van der Waals surface area contributed by atoms with Gasteiger partial charge in [-0.05, 0) is 38.0 Å². The van der Waals surface area contributed by atoms with Crippen LogP contribution in [0.15, 0.2) is 12.1 Å². The van der Waals surface area contributed by atoms with E-state index in [9.17, 15) is 5.11 Å². The van der Waals surface area contributed by atoms with Crippen molar-refractivity contribution >= 4 is 0 Å². The average Bonchev–Trinajstić information content (AvgIpc) is 2.27. The summed E-state index contributed by atoms with van der Waals surface area (Å²) in [5.41, 5.74) is 3.05. The van der Waals surface area contributed by atoms with Crippen molar-refractivity contribution < 1.29 is 14.6 Å². The molecule has 1 N–H and O–H groups in total. The Bertz CT molecular complexity index is 374. The monoisotopic (exact) mass is 238 g/mol. The van der Waals surface area contributed by atoms with Crippen molar-refractivity contribution in [3.63, 3.8) is 0 Å². The molecule has 2 unspecified atom stereocenters. The van der Waals surface area contributed by atoms with Gasteiger partial charge in [0.05, 0.1) is 19.3 Å². The van der Waals surface area contributed by atoms with Gasteiger partial charge in [-0.15, -0.1) is 0 Å². The Labute approximate surface area is 103 Å². The van der Waals surface area contributed by atoms with Crippen molar-refractivity contribution in [1.82, 2.24) is 0 Å². The molecule has 96 valence electrons. The van der Waals surface area contributed by atoms with Gasteiger partial charge in [-0.25, -0.2) is 0 Å². The predicted octanol–water partition coefficient (Wildman–Crippen LogP) is 2.77. The van der Waals surface area contributed by atoms with Gasteiger partial charge in [-0.1, -0.05) is 6.07 Å².